The molecule has 2 rings (SSSR count). The van der Waals surface area contributed by atoms with E-state index >= 15 is 0 Å². The van der Waals surface area contributed by atoms with E-state index in [0.717, 1.165) is 4.88 Å². The molecule has 0 spiro atoms. The fourth-order valence-corrected chi connectivity index (χ4v) is 2.25. The van der Waals surface area contributed by atoms with Crippen LogP contribution in [0.25, 0.3) is 0 Å². The van der Waals surface area contributed by atoms with E-state index < -0.39 is 6.10 Å². The standard InChI is InChI=1S/C11H12N2OS/c1-7-3-4-10(15-7)11(14)9-5-6-12-8(2)13-9/h3-6,11,14H,1-2H3. The smallest absolute Gasteiger partial charge is 0.130 e. The second-order valence-electron chi connectivity index (χ2n) is 3.38. The van der Waals surface area contributed by atoms with Crippen molar-refractivity contribution in [2.24, 2.45) is 0 Å². The highest BCUT2D eigenvalue weighted by Gasteiger charge is 2.13. The van der Waals surface area contributed by atoms with Gasteiger partial charge in [-0.1, -0.05) is 0 Å². The van der Waals surface area contributed by atoms with Crippen LogP contribution in [0, 0.1) is 13.8 Å². The first kappa shape index (κ1) is 10.3. The number of thiophene rings is 1. The molecule has 2 aromatic heterocycles. The van der Waals surface area contributed by atoms with E-state index in [1.165, 1.54) is 4.88 Å². The van der Waals surface area contributed by atoms with Crippen LogP contribution < -0.4 is 0 Å². The molecule has 0 bridgehead atoms. The molecule has 0 radical (unpaired) electrons. The van der Waals surface area contributed by atoms with Gasteiger partial charge in [0.05, 0.1) is 5.69 Å². The van der Waals surface area contributed by atoms with Crippen LogP contribution in [-0.4, -0.2) is 15.1 Å². The predicted molar refractivity (Wildman–Crippen MR) is 59.9 cm³/mol. The van der Waals surface area contributed by atoms with Gasteiger partial charge in [-0.15, -0.1) is 11.3 Å². The van der Waals surface area contributed by atoms with Gasteiger partial charge in [0.25, 0.3) is 0 Å². The highest BCUT2D eigenvalue weighted by atomic mass is 32.1. The molecule has 1 unspecified atom stereocenters. The number of hydrogen-bond donors (Lipinski definition) is 1. The van der Waals surface area contributed by atoms with Gasteiger partial charge in [-0.25, -0.2) is 9.97 Å². The number of hydrogen-bond acceptors (Lipinski definition) is 4. The first-order chi connectivity index (χ1) is 7.16. The molecule has 1 N–H and O–H groups in total. The third kappa shape index (κ3) is 2.22. The van der Waals surface area contributed by atoms with Crippen molar-refractivity contribution in [1.82, 2.24) is 9.97 Å². The molecule has 15 heavy (non-hydrogen) atoms. The molecular weight excluding hydrogens is 208 g/mol. The van der Waals surface area contributed by atoms with Crippen LogP contribution in [0.3, 0.4) is 0 Å². The van der Waals surface area contributed by atoms with Crippen LogP contribution in [0.4, 0.5) is 0 Å². The SMILES string of the molecule is Cc1nccc(C(O)c2ccc(C)s2)n1. The van der Waals surface area contributed by atoms with Gasteiger partial charge in [0.2, 0.25) is 0 Å². The zero-order valence-electron chi connectivity index (χ0n) is 8.64. The van der Waals surface area contributed by atoms with E-state index in [-0.39, 0.29) is 0 Å². The zero-order valence-corrected chi connectivity index (χ0v) is 9.45. The lowest BCUT2D eigenvalue weighted by Crippen LogP contribution is -2.02. The molecular formula is C11H12N2OS. The third-order valence-electron chi connectivity index (χ3n) is 2.11. The van der Waals surface area contributed by atoms with Crippen LogP contribution in [0.5, 0.6) is 0 Å². The molecule has 1 atom stereocenters. The molecule has 4 heteroatoms. The number of rotatable bonds is 2. The molecule has 0 fully saturated rings. The number of aryl methyl sites for hydroxylation is 2. The summed E-state index contributed by atoms with van der Waals surface area (Å²) >= 11 is 1.59. The first-order valence-electron chi connectivity index (χ1n) is 4.71. The van der Waals surface area contributed by atoms with E-state index in [2.05, 4.69) is 9.97 Å². The van der Waals surface area contributed by atoms with Gasteiger partial charge in [0.15, 0.2) is 0 Å². The molecule has 0 saturated carbocycles. The minimum absolute atomic E-state index is 0.634. The Labute approximate surface area is 92.5 Å². The van der Waals surface area contributed by atoms with Gasteiger partial charge in [0.1, 0.15) is 11.9 Å². The molecule has 78 valence electrons. The summed E-state index contributed by atoms with van der Waals surface area (Å²) in [5.74, 6) is 0.680. The van der Waals surface area contributed by atoms with Gasteiger partial charge < -0.3 is 5.11 Å². The zero-order chi connectivity index (χ0) is 10.8. The average Bonchev–Trinajstić information content (AvgIpc) is 2.64. The molecule has 3 nitrogen and oxygen atoms in total. The summed E-state index contributed by atoms with van der Waals surface area (Å²) in [5, 5.41) is 10.0. The highest BCUT2D eigenvalue weighted by Crippen LogP contribution is 2.26. The van der Waals surface area contributed by atoms with Crippen molar-refractivity contribution in [2.45, 2.75) is 20.0 Å². The monoisotopic (exact) mass is 220 g/mol. The topological polar surface area (TPSA) is 46.0 Å². The maximum atomic E-state index is 10.0. The summed E-state index contributed by atoms with van der Waals surface area (Å²) in [6.45, 7) is 3.84. The lowest BCUT2D eigenvalue weighted by atomic mass is 10.2. The van der Waals surface area contributed by atoms with Crippen molar-refractivity contribution in [1.29, 1.82) is 0 Å². The fourth-order valence-electron chi connectivity index (χ4n) is 1.37. The van der Waals surface area contributed by atoms with Crippen molar-refractivity contribution in [3.05, 3.63) is 45.7 Å². The number of aliphatic hydroxyl groups excluding tert-OH is 1. The molecule has 0 saturated heterocycles. The quantitative estimate of drug-likeness (QED) is 0.844. The predicted octanol–water partition coefficient (Wildman–Crippen LogP) is 2.24. The average molecular weight is 220 g/mol. The van der Waals surface area contributed by atoms with E-state index in [1.807, 2.05) is 26.0 Å². The Bertz CT molecular complexity index is 467. The molecule has 0 amide bonds. The maximum absolute atomic E-state index is 10.0. The Morgan fingerprint density at radius 3 is 2.67 bits per heavy atom. The van der Waals surface area contributed by atoms with Crippen LogP contribution in [0.15, 0.2) is 24.4 Å². The molecule has 0 aromatic carbocycles. The van der Waals surface area contributed by atoms with E-state index in [1.54, 1.807) is 23.6 Å². The fraction of sp³-hybridized carbons (Fsp3) is 0.273. The van der Waals surface area contributed by atoms with Crippen molar-refractivity contribution in [3.8, 4) is 0 Å². The summed E-state index contributed by atoms with van der Waals surface area (Å²) in [6.07, 6.45) is 1.03. The molecule has 2 heterocycles. The van der Waals surface area contributed by atoms with Gasteiger partial charge in [-0.3, -0.25) is 0 Å². The minimum Gasteiger partial charge on any atom is -0.381 e. The number of nitrogens with zero attached hydrogens (tertiary/aromatic N) is 2. The van der Waals surface area contributed by atoms with Crippen molar-refractivity contribution < 1.29 is 5.11 Å². The Hall–Kier alpha value is -1.26. The Morgan fingerprint density at radius 1 is 1.27 bits per heavy atom. The Morgan fingerprint density at radius 2 is 2.07 bits per heavy atom. The van der Waals surface area contributed by atoms with Gasteiger partial charge >= 0.3 is 0 Å². The van der Waals surface area contributed by atoms with E-state index in [4.69, 9.17) is 0 Å². The first-order valence-corrected chi connectivity index (χ1v) is 5.52. The van der Waals surface area contributed by atoms with E-state index in [9.17, 15) is 5.11 Å². The van der Waals surface area contributed by atoms with Crippen LogP contribution in [0.1, 0.15) is 27.4 Å². The summed E-state index contributed by atoms with van der Waals surface area (Å²) in [6, 6.07) is 5.67. The van der Waals surface area contributed by atoms with Crippen LogP contribution in [-0.2, 0) is 0 Å². The van der Waals surface area contributed by atoms with E-state index in [0.29, 0.717) is 11.5 Å². The van der Waals surface area contributed by atoms with Crippen molar-refractivity contribution >= 4 is 11.3 Å². The summed E-state index contributed by atoms with van der Waals surface area (Å²) in [5.41, 5.74) is 0.657. The Balaban J connectivity index is 2.32. The van der Waals surface area contributed by atoms with Crippen LogP contribution in [0.2, 0.25) is 0 Å². The van der Waals surface area contributed by atoms with Gasteiger partial charge in [-0.2, -0.15) is 0 Å². The third-order valence-corrected chi connectivity index (χ3v) is 3.16. The molecule has 2 aromatic rings. The van der Waals surface area contributed by atoms with Crippen molar-refractivity contribution in [2.75, 3.05) is 0 Å². The lowest BCUT2D eigenvalue weighted by molar-refractivity contribution is 0.218. The molecule has 0 aliphatic carbocycles. The summed E-state index contributed by atoms with van der Waals surface area (Å²) in [4.78, 5) is 10.3. The normalized spacial score (nSPS) is 12.7. The molecule has 0 aliphatic heterocycles. The van der Waals surface area contributed by atoms with Crippen molar-refractivity contribution in [3.63, 3.8) is 0 Å². The summed E-state index contributed by atoms with van der Waals surface area (Å²) in [7, 11) is 0. The number of aromatic nitrogens is 2. The second kappa shape index (κ2) is 4.08. The van der Waals surface area contributed by atoms with Crippen LogP contribution >= 0.6 is 11.3 Å². The van der Waals surface area contributed by atoms with Gasteiger partial charge in [0, 0.05) is 16.0 Å². The number of aliphatic hydroxyl groups is 1. The second-order valence-corrected chi connectivity index (χ2v) is 4.70. The largest absolute Gasteiger partial charge is 0.381 e. The summed E-state index contributed by atoms with van der Waals surface area (Å²) < 4.78 is 0. The minimum atomic E-state index is -0.634. The Kier molecular flexibility index (Phi) is 2.79. The lowest BCUT2D eigenvalue weighted by Gasteiger charge is -2.07. The molecule has 0 aliphatic rings. The maximum Gasteiger partial charge on any atom is 0.130 e. The van der Waals surface area contributed by atoms with Gasteiger partial charge in [-0.05, 0) is 32.0 Å². The highest BCUT2D eigenvalue weighted by molar-refractivity contribution is 7.12.